The Kier molecular flexibility index (Phi) is 2.51. The minimum atomic E-state index is 0.354. The third-order valence-corrected chi connectivity index (χ3v) is 3.52. The highest BCUT2D eigenvalue weighted by atomic mass is 127. The summed E-state index contributed by atoms with van der Waals surface area (Å²) in [7, 11) is 0. The number of nitrogens with one attached hydrogen (secondary N) is 1. The molecule has 2 aromatic rings. The Bertz CT molecular complexity index is 513. The molecule has 3 rings (SSSR count). The van der Waals surface area contributed by atoms with E-state index in [2.05, 4.69) is 56.1 Å². The van der Waals surface area contributed by atoms with Gasteiger partial charge in [0.05, 0.1) is 5.69 Å². The average Bonchev–Trinajstić information content (AvgIpc) is 2.73. The molecule has 2 heterocycles. The fourth-order valence-electron chi connectivity index (χ4n) is 2.08. The highest BCUT2D eigenvalue weighted by Gasteiger charge is 2.24. The molecule has 0 radical (unpaired) electrons. The van der Waals surface area contributed by atoms with Crippen LogP contribution in [0.15, 0.2) is 36.8 Å². The quantitative estimate of drug-likeness (QED) is 0.820. The topological polar surface area (TPSA) is 37.8 Å². The predicted octanol–water partition coefficient (Wildman–Crippen LogP) is 2.64. The molecule has 0 saturated heterocycles. The van der Waals surface area contributed by atoms with Crippen molar-refractivity contribution in [3.8, 4) is 0 Å². The van der Waals surface area contributed by atoms with Crippen LogP contribution in [0, 0.1) is 3.57 Å². The molecule has 1 N–H and O–H groups in total. The number of fused-ring (bicyclic) bond motifs is 1. The van der Waals surface area contributed by atoms with E-state index in [-0.39, 0.29) is 0 Å². The highest BCUT2D eigenvalue weighted by molar-refractivity contribution is 14.1. The van der Waals surface area contributed by atoms with Crippen LogP contribution in [0.1, 0.15) is 17.2 Å². The van der Waals surface area contributed by atoms with Gasteiger partial charge in [-0.2, -0.15) is 0 Å². The monoisotopic (exact) mass is 323 g/mol. The maximum atomic E-state index is 4.34. The Morgan fingerprint density at radius 1 is 1.31 bits per heavy atom. The van der Waals surface area contributed by atoms with Gasteiger partial charge < -0.3 is 5.32 Å². The first kappa shape index (κ1) is 10.0. The van der Waals surface area contributed by atoms with Crippen molar-refractivity contribution in [2.75, 3.05) is 11.9 Å². The number of nitrogens with zero attached hydrogens (tertiary/aromatic N) is 2. The van der Waals surface area contributed by atoms with Gasteiger partial charge in [0.1, 0.15) is 6.33 Å². The second-order valence-electron chi connectivity index (χ2n) is 3.80. The lowest BCUT2D eigenvalue weighted by Gasteiger charge is -2.08. The molecule has 3 nitrogen and oxygen atoms in total. The third kappa shape index (κ3) is 1.67. The molecule has 0 aliphatic carbocycles. The fraction of sp³-hybridized carbons (Fsp3) is 0.167. The summed E-state index contributed by atoms with van der Waals surface area (Å²) in [4.78, 5) is 8.29. The normalized spacial score (nSPS) is 17.9. The van der Waals surface area contributed by atoms with Crippen LogP contribution in [0.5, 0.6) is 0 Å². The van der Waals surface area contributed by atoms with Crippen molar-refractivity contribution >= 4 is 28.3 Å². The molecule has 1 unspecified atom stereocenters. The van der Waals surface area contributed by atoms with Gasteiger partial charge in [0.25, 0.3) is 0 Å². The van der Waals surface area contributed by atoms with E-state index in [0.29, 0.717) is 5.92 Å². The van der Waals surface area contributed by atoms with Crippen molar-refractivity contribution in [3.05, 3.63) is 51.6 Å². The zero-order valence-electron chi connectivity index (χ0n) is 8.52. The Balaban J connectivity index is 2.06. The summed E-state index contributed by atoms with van der Waals surface area (Å²) in [6.07, 6.45) is 3.41. The lowest BCUT2D eigenvalue weighted by Crippen LogP contribution is -2.05. The molecule has 0 fully saturated rings. The summed E-state index contributed by atoms with van der Waals surface area (Å²) in [5, 5.41) is 3.41. The minimum absolute atomic E-state index is 0.354. The molecule has 1 aromatic carbocycles. The molecule has 1 aliphatic rings. The zero-order valence-corrected chi connectivity index (χ0v) is 10.7. The van der Waals surface area contributed by atoms with E-state index in [0.717, 1.165) is 12.2 Å². The summed E-state index contributed by atoms with van der Waals surface area (Å²) in [5.74, 6) is 0.354. The van der Waals surface area contributed by atoms with E-state index in [9.17, 15) is 0 Å². The van der Waals surface area contributed by atoms with Gasteiger partial charge >= 0.3 is 0 Å². The summed E-state index contributed by atoms with van der Waals surface area (Å²) in [6, 6.07) is 8.47. The first-order valence-electron chi connectivity index (χ1n) is 5.14. The number of aromatic nitrogens is 2. The van der Waals surface area contributed by atoms with Gasteiger partial charge in [-0.05, 0) is 52.4 Å². The van der Waals surface area contributed by atoms with Crippen LogP contribution in [-0.4, -0.2) is 16.5 Å². The Morgan fingerprint density at radius 3 is 3.06 bits per heavy atom. The second kappa shape index (κ2) is 4.01. The molecule has 1 aliphatic heterocycles. The SMILES string of the molecule is Ic1ccc2c(c1)C(c1ccncn1)CN2. The number of hydrogen-bond donors (Lipinski definition) is 1. The largest absolute Gasteiger partial charge is 0.384 e. The van der Waals surface area contributed by atoms with Crippen molar-refractivity contribution < 1.29 is 0 Å². The van der Waals surface area contributed by atoms with Crippen molar-refractivity contribution in [1.82, 2.24) is 9.97 Å². The van der Waals surface area contributed by atoms with Gasteiger partial charge in [0.15, 0.2) is 0 Å². The third-order valence-electron chi connectivity index (χ3n) is 2.85. The fourth-order valence-corrected chi connectivity index (χ4v) is 2.59. The van der Waals surface area contributed by atoms with Gasteiger partial charge in [0, 0.05) is 27.9 Å². The summed E-state index contributed by atoms with van der Waals surface area (Å²) in [5.41, 5.74) is 3.65. The first-order valence-corrected chi connectivity index (χ1v) is 6.22. The van der Waals surface area contributed by atoms with Crippen LogP contribution >= 0.6 is 22.6 Å². The summed E-state index contributed by atoms with van der Waals surface area (Å²) in [6.45, 7) is 0.923. The first-order chi connectivity index (χ1) is 7.84. The van der Waals surface area contributed by atoms with Crippen LogP contribution in [0.2, 0.25) is 0 Å². The van der Waals surface area contributed by atoms with E-state index in [1.54, 1.807) is 12.5 Å². The van der Waals surface area contributed by atoms with Gasteiger partial charge in [0.2, 0.25) is 0 Å². The predicted molar refractivity (Wildman–Crippen MR) is 71.5 cm³/mol. The van der Waals surface area contributed by atoms with Gasteiger partial charge in [-0.3, -0.25) is 0 Å². The second-order valence-corrected chi connectivity index (χ2v) is 5.04. The van der Waals surface area contributed by atoms with Crippen LogP contribution in [0.3, 0.4) is 0 Å². The van der Waals surface area contributed by atoms with E-state index < -0.39 is 0 Å². The van der Waals surface area contributed by atoms with Crippen LogP contribution < -0.4 is 5.32 Å². The lowest BCUT2D eigenvalue weighted by molar-refractivity contribution is 0.849. The molecule has 4 heteroatoms. The molecule has 80 valence electrons. The molecule has 0 saturated carbocycles. The smallest absolute Gasteiger partial charge is 0.115 e. The average molecular weight is 323 g/mol. The standard InChI is InChI=1S/C12H10IN3/c13-8-1-2-11-9(5-8)10(6-15-11)12-3-4-14-7-16-12/h1-5,7,10,15H,6H2. The van der Waals surface area contributed by atoms with Crippen LogP contribution in [-0.2, 0) is 0 Å². The van der Waals surface area contributed by atoms with Gasteiger partial charge in [-0.1, -0.05) is 0 Å². The number of anilines is 1. The van der Waals surface area contributed by atoms with E-state index in [1.165, 1.54) is 14.8 Å². The van der Waals surface area contributed by atoms with Gasteiger partial charge in [-0.15, -0.1) is 0 Å². The number of hydrogen-bond acceptors (Lipinski definition) is 3. The molecular formula is C12H10IN3. The molecule has 0 amide bonds. The lowest BCUT2D eigenvalue weighted by atomic mass is 9.98. The Morgan fingerprint density at radius 2 is 2.25 bits per heavy atom. The van der Waals surface area contributed by atoms with E-state index in [1.807, 2.05) is 6.07 Å². The van der Waals surface area contributed by atoms with E-state index >= 15 is 0 Å². The van der Waals surface area contributed by atoms with E-state index in [4.69, 9.17) is 0 Å². The maximum Gasteiger partial charge on any atom is 0.115 e. The zero-order chi connectivity index (χ0) is 11.0. The number of rotatable bonds is 1. The number of halogens is 1. The van der Waals surface area contributed by atoms with Crippen LogP contribution in [0.25, 0.3) is 0 Å². The number of benzene rings is 1. The summed E-state index contributed by atoms with van der Waals surface area (Å²) >= 11 is 2.34. The molecule has 16 heavy (non-hydrogen) atoms. The molecule has 1 aromatic heterocycles. The minimum Gasteiger partial charge on any atom is -0.384 e. The van der Waals surface area contributed by atoms with Crippen molar-refractivity contribution in [1.29, 1.82) is 0 Å². The van der Waals surface area contributed by atoms with Crippen LogP contribution in [0.4, 0.5) is 5.69 Å². The highest BCUT2D eigenvalue weighted by Crippen LogP contribution is 2.35. The molecular weight excluding hydrogens is 313 g/mol. The molecule has 0 spiro atoms. The molecule has 0 bridgehead atoms. The van der Waals surface area contributed by atoms with Crippen molar-refractivity contribution in [2.24, 2.45) is 0 Å². The van der Waals surface area contributed by atoms with Crippen molar-refractivity contribution in [3.63, 3.8) is 0 Å². The van der Waals surface area contributed by atoms with Gasteiger partial charge in [-0.25, -0.2) is 9.97 Å². The Hall–Kier alpha value is -1.17. The Labute approximate surface area is 107 Å². The van der Waals surface area contributed by atoms with Crippen molar-refractivity contribution in [2.45, 2.75) is 5.92 Å². The summed E-state index contributed by atoms with van der Waals surface area (Å²) < 4.78 is 1.26. The molecule has 1 atom stereocenters. The maximum absolute atomic E-state index is 4.34.